The number of aryl methyl sites for hydroxylation is 1. The van der Waals surface area contributed by atoms with Crippen molar-refractivity contribution in [2.45, 2.75) is 45.1 Å². The lowest BCUT2D eigenvalue weighted by molar-refractivity contribution is -0.135. The summed E-state index contributed by atoms with van der Waals surface area (Å²) >= 11 is 0. The van der Waals surface area contributed by atoms with Gasteiger partial charge in [-0.25, -0.2) is 4.79 Å². The Morgan fingerprint density at radius 3 is 2.76 bits per heavy atom. The van der Waals surface area contributed by atoms with Gasteiger partial charge < -0.3 is 15.0 Å². The average molecular weight is 295 g/mol. The van der Waals surface area contributed by atoms with Crippen molar-refractivity contribution in [2.75, 3.05) is 13.2 Å². The molecule has 1 atom stereocenters. The summed E-state index contributed by atoms with van der Waals surface area (Å²) in [6.07, 6.45) is 3.27. The van der Waals surface area contributed by atoms with Gasteiger partial charge in [0, 0.05) is 24.2 Å². The molecule has 1 amide bonds. The van der Waals surface area contributed by atoms with Crippen molar-refractivity contribution in [1.29, 1.82) is 0 Å². The third kappa shape index (κ3) is 3.60. The number of piperidine rings is 1. The smallest absolute Gasteiger partial charge is 0.325 e. The number of hydrogen-bond donors (Lipinski definition) is 3. The Morgan fingerprint density at radius 2 is 2.10 bits per heavy atom. The lowest BCUT2D eigenvalue weighted by Gasteiger charge is -2.34. The van der Waals surface area contributed by atoms with Gasteiger partial charge in [0.15, 0.2) is 0 Å². The molecule has 1 unspecified atom stereocenters. The maximum absolute atomic E-state index is 12.3. The van der Waals surface area contributed by atoms with Crippen LogP contribution in [0.5, 0.6) is 0 Å². The number of aliphatic hydroxyl groups is 1. The van der Waals surface area contributed by atoms with E-state index in [2.05, 4.69) is 9.97 Å². The Bertz CT molecular complexity index is 619. The molecule has 1 aromatic heterocycles. The largest absolute Gasteiger partial charge is 0.394 e. The Hall–Kier alpha value is -1.89. The summed E-state index contributed by atoms with van der Waals surface area (Å²) < 4.78 is 0. The van der Waals surface area contributed by atoms with E-state index in [-0.39, 0.29) is 31.4 Å². The summed E-state index contributed by atoms with van der Waals surface area (Å²) in [5.74, 6) is -0.0567. The standard InChI is InChI=1S/C14H21N3O4/c1-9-11(13(20)16-14(21)15-9)5-6-12(19)17-7-3-2-4-10(17)8-18/h10,18H,2-8H2,1H3,(H2,15,16,20,21). The van der Waals surface area contributed by atoms with E-state index in [1.807, 2.05) is 0 Å². The van der Waals surface area contributed by atoms with E-state index < -0.39 is 11.2 Å². The highest BCUT2D eigenvalue weighted by Crippen LogP contribution is 2.18. The predicted octanol–water partition coefficient (Wildman–Crippen LogP) is -0.322. The van der Waals surface area contributed by atoms with Crippen LogP contribution in [0.25, 0.3) is 0 Å². The summed E-state index contributed by atoms with van der Waals surface area (Å²) in [6.45, 7) is 2.28. The third-order valence-electron chi connectivity index (χ3n) is 4.00. The second-order valence-electron chi connectivity index (χ2n) is 5.43. The molecule has 7 heteroatoms. The molecule has 116 valence electrons. The lowest BCUT2D eigenvalue weighted by Crippen LogP contribution is -2.45. The molecular weight excluding hydrogens is 274 g/mol. The van der Waals surface area contributed by atoms with Crippen LogP contribution < -0.4 is 11.2 Å². The van der Waals surface area contributed by atoms with Crippen molar-refractivity contribution in [3.63, 3.8) is 0 Å². The molecule has 0 saturated carbocycles. The van der Waals surface area contributed by atoms with Gasteiger partial charge in [-0.05, 0) is 32.6 Å². The Balaban J connectivity index is 2.04. The van der Waals surface area contributed by atoms with E-state index in [9.17, 15) is 19.5 Å². The Kier molecular flexibility index (Phi) is 4.95. The van der Waals surface area contributed by atoms with Gasteiger partial charge in [0.05, 0.1) is 12.6 Å². The van der Waals surface area contributed by atoms with Crippen molar-refractivity contribution >= 4 is 5.91 Å². The number of aromatic amines is 2. The highest BCUT2D eigenvalue weighted by molar-refractivity contribution is 5.77. The molecule has 1 aliphatic rings. The molecule has 3 N–H and O–H groups in total. The Labute approximate surface area is 122 Å². The lowest BCUT2D eigenvalue weighted by atomic mass is 10.0. The van der Waals surface area contributed by atoms with Gasteiger partial charge in [-0.2, -0.15) is 0 Å². The van der Waals surface area contributed by atoms with Gasteiger partial charge in [0.25, 0.3) is 5.56 Å². The minimum Gasteiger partial charge on any atom is -0.394 e. The molecule has 2 rings (SSSR count). The highest BCUT2D eigenvalue weighted by atomic mass is 16.3. The SMILES string of the molecule is Cc1[nH]c(=O)[nH]c(=O)c1CCC(=O)N1CCCCC1CO. The number of amides is 1. The summed E-state index contributed by atoms with van der Waals surface area (Å²) in [6, 6.07) is -0.110. The van der Waals surface area contributed by atoms with Crippen LogP contribution in [0, 0.1) is 6.92 Å². The van der Waals surface area contributed by atoms with E-state index in [0.717, 1.165) is 19.3 Å². The number of nitrogens with one attached hydrogen (secondary N) is 2. The topological polar surface area (TPSA) is 106 Å². The molecule has 1 aromatic rings. The molecule has 0 spiro atoms. The molecule has 2 heterocycles. The average Bonchev–Trinajstić information content (AvgIpc) is 2.45. The molecule has 0 aromatic carbocycles. The predicted molar refractivity (Wildman–Crippen MR) is 77.2 cm³/mol. The fourth-order valence-corrected chi connectivity index (χ4v) is 2.82. The van der Waals surface area contributed by atoms with Crippen LogP contribution in [0.4, 0.5) is 0 Å². The Morgan fingerprint density at radius 1 is 1.33 bits per heavy atom. The van der Waals surface area contributed by atoms with Gasteiger partial charge in [0.1, 0.15) is 0 Å². The number of H-pyrrole nitrogens is 2. The van der Waals surface area contributed by atoms with E-state index in [4.69, 9.17) is 0 Å². The normalized spacial score (nSPS) is 18.8. The first kappa shape index (κ1) is 15.5. The minimum absolute atomic E-state index is 0.0238. The summed E-state index contributed by atoms with van der Waals surface area (Å²) in [5, 5.41) is 9.33. The number of carbonyl (C=O) groups is 1. The van der Waals surface area contributed by atoms with E-state index in [1.54, 1.807) is 11.8 Å². The fourth-order valence-electron chi connectivity index (χ4n) is 2.82. The molecule has 0 bridgehead atoms. The molecule has 0 radical (unpaired) electrons. The summed E-state index contributed by atoms with van der Waals surface area (Å²) in [4.78, 5) is 41.5. The fraction of sp³-hybridized carbons (Fsp3) is 0.643. The van der Waals surface area contributed by atoms with Crippen molar-refractivity contribution in [2.24, 2.45) is 0 Å². The zero-order valence-corrected chi connectivity index (χ0v) is 12.1. The molecular formula is C14H21N3O4. The first-order valence-electron chi connectivity index (χ1n) is 7.25. The molecule has 1 fully saturated rings. The number of aliphatic hydroxyl groups excluding tert-OH is 1. The third-order valence-corrected chi connectivity index (χ3v) is 4.00. The number of aromatic nitrogens is 2. The number of hydrogen-bond acceptors (Lipinski definition) is 4. The van der Waals surface area contributed by atoms with Crippen LogP contribution in [-0.4, -0.2) is 45.1 Å². The quantitative estimate of drug-likeness (QED) is 0.707. The van der Waals surface area contributed by atoms with Crippen LogP contribution in [0.2, 0.25) is 0 Å². The number of carbonyl (C=O) groups excluding carboxylic acids is 1. The van der Waals surface area contributed by atoms with Gasteiger partial charge in [0.2, 0.25) is 5.91 Å². The van der Waals surface area contributed by atoms with Gasteiger partial charge in [-0.1, -0.05) is 0 Å². The molecule has 21 heavy (non-hydrogen) atoms. The number of likely N-dealkylation sites (tertiary alicyclic amines) is 1. The molecule has 0 aliphatic carbocycles. The summed E-state index contributed by atoms with van der Waals surface area (Å²) in [5.41, 5.74) is -0.0558. The van der Waals surface area contributed by atoms with E-state index in [0.29, 0.717) is 17.8 Å². The highest BCUT2D eigenvalue weighted by Gasteiger charge is 2.25. The van der Waals surface area contributed by atoms with Gasteiger partial charge >= 0.3 is 5.69 Å². The zero-order chi connectivity index (χ0) is 15.4. The maximum atomic E-state index is 12.3. The van der Waals surface area contributed by atoms with Crippen molar-refractivity contribution < 1.29 is 9.90 Å². The number of rotatable bonds is 4. The first-order chi connectivity index (χ1) is 10.0. The maximum Gasteiger partial charge on any atom is 0.325 e. The second kappa shape index (κ2) is 6.71. The van der Waals surface area contributed by atoms with Crippen LogP contribution >= 0.6 is 0 Å². The van der Waals surface area contributed by atoms with E-state index in [1.165, 1.54) is 0 Å². The van der Waals surface area contributed by atoms with Crippen LogP contribution in [0.15, 0.2) is 9.59 Å². The van der Waals surface area contributed by atoms with Crippen molar-refractivity contribution in [3.05, 3.63) is 32.1 Å². The first-order valence-corrected chi connectivity index (χ1v) is 7.25. The van der Waals surface area contributed by atoms with Crippen molar-refractivity contribution in [3.8, 4) is 0 Å². The second-order valence-corrected chi connectivity index (χ2v) is 5.43. The van der Waals surface area contributed by atoms with Gasteiger partial charge in [-0.3, -0.25) is 14.6 Å². The molecule has 7 nitrogen and oxygen atoms in total. The van der Waals surface area contributed by atoms with Gasteiger partial charge in [-0.15, -0.1) is 0 Å². The van der Waals surface area contributed by atoms with E-state index >= 15 is 0 Å². The monoisotopic (exact) mass is 295 g/mol. The number of nitrogens with zero attached hydrogens (tertiary/aromatic N) is 1. The minimum atomic E-state index is -0.538. The summed E-state index contributed by atoms with van der Waals surface area (Å²) in [7, 11) is 0. The van der Waals surface area contributed by atoms with Crippen LogP contribution in [-0.2, 0) is 11.2 Å². The van der Waals surface area contributed by atoms with Crippen LogP contribution in [0.3, 0.4) is 0 Å². The van der Waals surface area contributed by atoms with Crippen LogP contribution in [0.1, 0.15) is 36.9 Å². The van der Waals surface area contributed by atoms with Crippen molar-refractivity contribution in [1.82, 2.24) is 14.9 Å². The molecule has 1 saturated heterocycles. The zero-order valence-electron chi connectivity index (χ0n) is 12.1. The molecule has 1 aliphatic heterocycles.